The third-order valence-corrected chi connectivity index (χ3v) is 8.57. The Morgan fingerprint density at radius 2 is 1.32 bits per heavy atom. The first kappa shape index (κ1) is 36.6. The Labute approximate surface area is 307 Å². The second-order valence-corrected chi connectivity index (χ2v) is 14.6. The van der Waals surface area contributed by atoms with E-state index in [4.69, 9.17) is 0 Å². The van der Waals surface area contributed by atoms with Crippen LogP contribution in [0.2, 0.25) is 0 Å². The van der Waals surface area contributed by atoms with Crippen molar-refractivity contribution in [2.24, 2.45) is 0 Å². The van der Waals surface area contributed by atoms with Gasteiger partial charge in [-0.15, -0.1) is 51.2 Å². The van der Waals surface area contributed by atoms with Crippen LogP contribution in [-0.4, -0.2) is 4.21 Å². The Hall–Kier alpha value is -3.19. The first-order chi connectivity index (χ1) is 22.5. The fourth-order valence-corrected chi connectivity index (χ4v) is 6.10. The van der Waals surface area contributed by atoms with Gasteiger partial charge in [0.1, 0.15) is 0 Å². The number of allylic oxidation sites excluding steroid dienone is 4. The minimum atomic E-state index is 0.0380. The molecule has 5 aromatic carbocycles. The van der Waals surface area contributed by atoms with E-state index in [0.29, 0.717) is 0 Å². The number of hydrogen-bond acceptors (Lipinski definition) is 0. The van der Waals surface area contributed by atoms with Gasteiger partial charge in [0.25, 0.3) is 0 Å². The maximum absolute atomic E-state index is 3.88. The third kappa shape index (κ3) is 9.68. The molecule has 0 fully saturated rings. The molecule has 2 aliphatic carbocycles. The van der Waals surface area contributed by atoms with E-state index < -0.39 is 0 Å². The molecule has 0 amide bonds. The molecule has 2 aliphatic rings. The van der Waals surface area contributed by atoms with E-state index in [9.17, 15) is 0 Å². The summed E-state index contributed by atoms with van der Waals surface area (Å²) < 4.78 is 4.42. The second-order valence-electron chi connectivity index (χ2n) is 13.6. The zero-order valence-electron chi connectivity index (χ0n) is 28.5. The predicted molar refractivity (Wildman–Crippen MR) is 203 cm³/mol. The third-order valence-electron chi connectivity index (χ3n) is 8.08. The van der Waals surface area contributed by atoms with Gasteiger partial charge < -0.3 is 0 Å². The Bertz CT molecular complexity index is 1690. The zero-order chi connectivity index (χ0) is 34.0. The molecule has 238 valence electrons. The average Bonchev–Trinajstić information content (AvgIpc) is 3.77. The number of fused-ring (bicyclic) bond motifs is 3. The Morgan fingerprint density at radius 1 is 0.702 bits per heavy atom. The minimum absolute atomic E-state index is 0.0380. The topological polar surface area (TPSA) is 0 Å². The van der Waals surface area contributed by atoms with Crippen molar-refractivity contribution in [3.05, 3.63) is 166 Å². The summed E-state index contributed by atoms with van der Waals surface area (Å²) in [5, 5.41) is 0. The zero-order valence-corrected chi connectivity index (χ0v) is 32.6. The molecule has 0 N–H and O–H groups in total. The van der Waals surface area contributed by atoms with Crippen molar-refractivity contribution in [3.63, 3.8) is 0 Å². The molecular weight excluding hydrogens is 712 g/mol. The average molecular weight is 756 g/mol. The van der Waals surface area contributed by atoms with Gasteiger partial charge in [0.2, 0.25) is 0 Å². The van der Waals surface area contributed by atoms with Crippen LogP contribution in [-0.2, 0) is 41.5 Å². The van der Waals surface area contributed by atoms with E-state index in [-0.39, 0.29) is 10.8 Å². The summed E-state index contributed by atoms with van der Waals surface area (Å²) in [4.78, 5) is 0. The van der Waals surface area contributed by atoms with Gasteiger partial charge in [-0.3, -0.25) is 6.08 Å². The van der Waals surface area contributed by atoms with Gasteiger partial charge in [0, 0.05) is 0 Å². The SMILES string of the molecule is Brc1c[c-]ccc1.CC(C)(C)c1cc2c([c-]c1-c1ccccc1)Cc1cc(-c3ccccc3)c(C(C)(C)C)cc1-2.[C-]1=CC=CC1.[CH2]=[Zr]. The second kappa shape index (κ2) is 16.8. The van der Waals surface area contributed by atoms with Crippen LogP contribution in [0.1, 0.15) is 70.2 Å². The van der Waals surface area contributed by atoms with Crippen LogP contribution < -0.4 is 0 Å². The molecule has 0 unspecified atom stereocenters. The number of hydrogen-bond donors (Lipinski definition) is 0. The Kier molecular flexibility index (Phi) is 13.1. The van der Waals surface area contributed by atoms with Crippen molar-refractivity contribution in [2.75, 3.05) is 0 Å². The molecule has 47 heavy (non-hydrogen) atoms. The number of rotatable bonds is 2. The van der Waals surface area contributed by atoms with Crippen LogP contribution in [0.3, 0.4) is 0 Å². The fourth-order valence-electron chi connectivity index (χ4n) is 5.81. The molecule has 0 radical (unpaired) electrons. The first-order valence-corrected chi connectivity index (χ1v) is 18.6. The van der Waals surface area contributed by atoms with Gasteiger partial charge in [0.15, 0.2) is 0 Å². The first-order valence-electron chi connectivity index (χ1n) is 16.1. The van der Waals surface area contributed by atoms with Crippen molar-refractivity contribution < 1.29 is 24.2 Å². The van der Waals surface area contributed by atoms with Gasteiger partial charge >= 0.3 is 28.4 Å². The van der Waals surface area contributed by atoms with Gasteiger partial charge in [-0.05, 0) is 39.5 Å². The summed E-state index contributed by atoms with van der Waals surface area (Å²) in [7, 11) is 0. The van der Waals surface area contributed by atoms with Crippen molar-refractivity contribution in [1.29, 1.82) is 0 Å². The predicted octanol–water partition coefficient (Wildman–Crippen LogP) is 12.5. The molecule has 0 bridgehead atoms. The van der Waals surface area contributed by atoms with Crippen LogP contribution in [0.15, 0.2) is 126 Å². The molecule has 7 rings (SSSR count). The van der Waals surface area contributed by atoms with E-state index in [0.717, 1.165) is 17.3 Å². The van der Waals surface area contributed by atoms with Crippen LogP contribution in [0, 0.1) is 18.2 Å². The quantitative estimate of drug-likeness (QED) is 0.154. The maximum atomic E-state index is 3.88. The number of benzene rings is 5. The molecule has 2 heteroatoms. The molecule has 0 saturated carbocycles. The molecule has 0 aromatic heterocycles. The fraction of sp³-hybridized carbons (Fsp3) is 0.222. The summed E-state index contributed by atoms with van der Waals surface area (Å²) in [6.45, 7) is 13.9. The van der Waals surface area contributed by atoms with Crippen LogP contribution in [0.5, 0.6) is 0 Å². The number of halogens is 1. The molecule has 0 saturated heterocycles. The molecule has 0 atom stereocenters. The molecule has 0 aliphatic heterocycles. The van der Waals surface area contributed by atoms with E-state index >= 15 is 0 Å². The van der Waals surface area contributed by atoms with Gasteiger partial charge in [-0.2, -0.15) is 36.4 Å². The van der Waals surface area contributed by atoms with E-state index in [1.807, 2.05) is 36.4 Å². The van der Waals surface area contributed by atoms with Crippen molar-refractivity contribution in [1.82, 2.24) is 0 Å². The van der Waals surface area contributed by atoms with Crippen molar-refractivity contribution in [2.45, 2.75) is 65.2 Å². The monoisotopic (exact) mass is 753 g/mol. The molecule has 0 nitrogen and oxygen atoms in total. The van der Waals surface area contributed by atoms with E-state index in [2.05, 4.69) is 165 Å². The van der Waals surface area contributed by atoms with Gasteiger partial charge in [0.05, 0.1) is 0 Å². The van der Waals surface area contributed by atoms with Crippen LogP contribution in [0.25, 0.3) is 33.4 Å². The normalized spacial score (nSPS) is 12.4. The van der Waals surface area contributed by atoms with Crippen LogP contribution >= 0.6 is 15.9 Å². The molecule has 0 spiro atoms. The van der Waals surface area contributed by atoms with E-state index in [1.165, 1.54) is 79.9 Å². The van der Waals surface area contributed by atoms with Gasteiger partial charge in [-0.25, -0.2) is 12.2 Å². The summed E-state index contributed by atoms with van der Waals surface area (Å²) in [5.74, 6) is 0. The molecule has 0 heterocycles. The molecule has 5 aromatic rings. The Morgan fingerprint density at radius 3 is 1.79 bits per heavy atom. The van der Waals surface area contributed by atoms with Crippen molar-refractivity contribution >= 4 is 20.1 Å². The molecular formula is C45H44BrZr-3. The van der Waals surface area contributed by atoms with Gasteiger partial charge in [-0.1, -0.05) is 136 Å². The standard InChI is InChI=1S/C33H33.C6H4Br.C5H5.CH2.Zr/c1-32(2,3)30-20-26-24(18-28(30)22-13-9-7-10-14-22)17-25-19-29(23-15-11-8-12-16-23)31(21-27(25)26)33(4,5)6;7-6-4-2-1-3-5-6;1-2-4-5-3-1;;/h7-16,18,20-21H,17H2,1-6H3;1-2,4-5H;1-3H,4H2;1H2;/q3*-1;;. The van der Waals surface area contributed by atoms with E-state index in [1.54, 1.807) is 0 Å². The summed E-state index contributed by atoms with van der Waals surface area (Å²) in [6.07, 6.45) is 10.9. The summed E-state index contributed by atoms with van der Waals surface area (Å²) in [5.41, 5.74) is 13.5. The Balaban J connectivity index is 0.000000296. The summed E-state index contributed by atoms with van der Waals surface area (Å²) in [6, 6.07) is 43.4. The summed E-state index contributed by atoms with van der Waals surface area (Å²) >= 11 is 4.58. The van der Waals surface area contributed by atoms with Crippen molar-refractivity contribution in [3.8, 4) is 33.4 Å². The van der Waals surface area contributed by atoms with Crippen LogP contribution in [0.4, 0.5) is 0 Å².